The van der Waals surface area contributed by atoms with E-state index in [-0.39, 0.29) is 5.78 Å². The number of ketones is 1. The Kier molecular flexibility index (Phi) is 6.83. The van der Waals surface area contributed by atoms with E-state index >= 15 is 0 Å². The van der Waals surface area contributed by atoms with Crippen molar-refractivity contribution in [3.8, 4) is 0 Å². The maximum absolute atomic E-state index is 12.3. The molecule has 1 amide bonds. The van der Waals surface area contributed by atoms with Crippen molar-refractivity contribution >= 4 is 11.9 Å². The van der Waals surface area contributed by atoms with Crippen LogP contribution in [0.1, 0.15) is 39.2 Å². The summed E-state index contributed by atoms with van der Waals surface area (Å²) in [6, 6.07) is 9.02. The van der Waals surface area contributed by atoms with E-state index in [2.05, 4.69) is 11.9 Å². The number of carbonyl (C=O) groups excluding carboxylic acids is 2. The van der Waals surface area contributed by atoms with Crippen molar-refractivity contribution in [3.05, 3.63) is 48.6 Å². The molecule has 0 bridgehead atoms. The van der Waals surface area contributed by atoms with Gasteiger partial charge >= 0.3 is 6.09 Å². The summed E-state index contributed by atoms with van der Waals surface area (Å²) in [6.07, 6.45) is 2.54. The van der Waals surface area contributed by atoms with Gasteiger partial charge in [-0.2, -0.15) is 0 Å². The molecule has 0 heterocycles. The van der Waals surface area contributed by atoms with Crippen LogP contribution in [0.25, 0.3) is 0 Å². The third-order valence-electron chi connectivity index (χ3n) is 2.96. The second-order valence-electron chi connectivity index (χ2n) is 6.18. The number of amides is 1. The van der Waals surface area contributed by atoms with Gasteiger partial charge in [0.1, 0.15) is 5.60 Å². The molecule has 0 aliphatic rings. The molecule has 1 rings (SSSR count). The predicted octanol–water partition coefficient (Wildman–Crippen LogP) is 3.66. The Morgan fingerprint density at radius 3 is 2.45 bits per heavy atom. The average Bonchev–Trinajstić information content (AvgIpc) is 2.43. The van der Waals surface area contributed by atoms with Gasteiger partial charge in [-0.05, 0) is 39.2 Å². The van der Waals surface area contributed by atoms with Gasteiger partial charge in [-0.25, -0.2) is 4.79 Å². The number of carbonyl (C=O) groups is 2. The largest absolute Gasteiger partial charge is 0.444 e. The highest BCUT2D eigenvalue weighted by molar-refractivity contribution is 5.87. The smallest absolute Gasteiger partial charge is 0.408 e. The lowest BCUT2D eigenvalue weighted by Crippen LogP contribution is -2.44. The van der Waals surface area contributed by atoms with Gasteiger partial charge in [0.05, 0.1) is 6.04 Å². The summed E-state index contributed by atoms with van der Waals surface area (Å²) in [5, 5.41) is 2.69. The molecular weight excluding hydrogens is 278 g/mol. The highest BCUT2D eigenvalue weighted by Crippen LogP contribution is 2.10. The first-order valence-corrected chi connectivity index (χ1v) is 7.49. The van der Waals surface area contributed by atoms with Crippen molar-refractivity contribution in [2.45, 2.75) is 51.7 Å². The van der Waals surface area contributed by atoms with Gasteiger partial charge in [-0.1, -0.05) is 36.4 Å². The van der Waals surface area contributed by atoms with Gasteiger partial charge in [-0.15, -0.1) is 6.58 Å². The van der Waals surface area contributed by atoms with Gasteiger partial charge in [-0.3, -0.25) is 4.79 Å². The van der Waals surface area contributed by atoms with Crippen LogP contribution in [0.5, 0.6) is 0 Å². The van der Waals surface area contributed by atoms with Crippen molar-refractivity contribution in [2.24, 2.45) is 0 Å². The number of hydrogen-bond donors (Lipinski definition) is 1. The Morgan fingerprint density at radius 2 is 1.91 bits per heavy atom. The molecule has 120 valence electrons. The molecule has 1 N–H and O–H groups in total. The second kappa shape index (κ2) is 8.37. The summed E-state index contributed by atoms with van der Waals surface area (Å²) in [7, 11) is 0. The lowest BCUT2D eigenvalue weighted by molar-refractivity contribution is -0.121. The number of nitrogens with one attached hydrogen (secondary N) is 1. The highest BCUT2D eigenvalue weighted by atomic mass is 16.6. The van der Waals surface area contributed by atoms with E-state index in [0.29, 0.717) is 19.3 Å². The van der Waals surface area contributed by atoms with Gasteiger partial charge in [0, 0.05) is 6.42 Å². The third-order valence-corrected chi connectivity index (χ3v) is 2.96. The van der Waals surface area contributed by atoms with Crippen LogP contribution in [0.2, 0.25) is 0 Å². The minimum atomic E-state index is -0.592. The molecule has 0 saturated heterocycles. The summed E-state index contributed by atoms with van der Waals surface area (Å²) in [5.74, 6) is -0.0189. The molecule has 1 atom stereocenters. The van der Waals surface area contributed by atoms with Crippen LogP contribution in [0, 0.1) is 0 Å². The van der Waals surface area contributed by atoms with Crippen molar-refractivity contribution in [2.75, 3.05) is 0 Å². The summed E-state index contributed by atoms with van der Waals surface area (Å²) in [6.45, 7) is 8.99. The summed E-state index contributed by atoms with van der Waals surface area (Å²) < 4.78 is 5.24. The lowest BCUT2D eigenvalue weighted by Gasteiger charge is -2.23. The first-order valence-electron chi connectivity index (χ1n) is 7.49. The Bertz CT molecular complexity index is 503. The number of benzene rings is 1. The molecule has 0 unspecified atom stereocenters. The van der Waals surface area contributed by atoms with Gasteiger partial charge in [0.15, 0.2) is 5.78 Å². The van der Waals surface area contributed by atoms with Crippen LogP contribution in [0.15, 0.2) is 43.0 Å². The maximum atomic E-state index is 12.3. The van der Waals surface area contributed by atoms with E-state index in [1.165, 1.54) is 0 Å². The molecule has 0 spiro atoms. The number of allylic oxidation sites excluding steroid dienone is 1. The molecule has 0 aliphatic heterocycles. The summed E-state index contributed by atoms with van der Waals surface area (Å²) in [4.78, 5) is 24.2. The van der Waals surface area contributed by atoms with Crippen LogP contribution in [-0.4, -0.2) is 23.5 Å². The average molecular weight is 303 g/mol. The Morgan fingerprint density at radius 1 is 1.27 bits per heavy atom. The fraction of sp³-hybridized carbons (Fsp3) is 0.444. The van der Waals surface area contributed by atoms with Crippen molar-refractivity contribution in [1.29, 1.82) is 0 Å². The molecule has 0 aliphatic carbocycles. The van der Waals surface area contributed by atoms with E-state index in [0.717, 1.165) is 5.56 Å². The van der Waals surface area contributed by atoms with Crippen LogP contribution < -0.4 is 5.32 Å². The number of hydrogen-bond acceptors (Lipinski definition) is 3. The SMILES string of the molecule is C=CCCC(=O)[C@H](Cc1ccccc1)NC(=O)OC(C)(C)C. The van der Waals surface area contributed by atoms with Gasteiger partial charge < -0.3 is 10.1 Å². The molecule has 1 aromatic carbocycles. The first kappa shape index (κ1) is 18.0. The van der Waals surface area contributed by atoms with E-state index in [9.17, 15) is 9.59 Å². The molecule has 1 aromatic rings. The molecular formula is C18H25NO3. The van der Waals surface area contributed by atoms with Crippen LogP contribution in [0.3, 0.4) is 0 Å². The maximum Gasteiger partial charge on any atom is 0.408 e. The van der Waals surface area contributed by atoms with Gasteiger partial charge in [0.25, 0.3) is 0 Å². The molecule has 0 fully saturated rings. The molecule has 0 radical (unpaired) electrons. The summed E-state index contributed by atoms with van der Waals surface area (Å²) in [5.41, 5.74) is 0.404. The van der Waals surface area contributed by atoms with Gasteiger partial charge in [0.2, 0.25) is 0 Å². The Hall–Kier alpha value is -2.10. The van der Waals surface area contributed by atoms with E-state index in [1.54, 1.807) is 26.8 Å². The zero-order valence-electron chi connectivity index (χ0n) is 13.6. The standard InChI is InChI=1S/C18H25NO3/c1-5-6-12-16(20)15(13-14-10-8-7-9-11-14)19-17(21)22-18(2,3)4/h5,7-11,15H,1,6,12-13H2,2-4H3,(H,19,21)/t15-/m0/s1. The fourth-order valence-corrected chi connectivity index (χ4v) is 1.96. The predicted molar refractivity (Wildman–Crippen MR) is 87.7 cm³/mol. The number of rotatable bonds is 7. The summed E-state index contributed by atoms with van der Waals surface area (Å²) >= 11 is 0. The minimum absolute atomic E-state index is 0.0189. The van der Waals surface area contributed by atoms with Crippen molar-refractivity contribution in [1.82, 2.24) is 5.32 Å². The number of alkyl carbamates (subject to hydrolysis) is 1. The quantitative estimate of drug-likeness (QED) is 0.782. The molecule has 4 nitrogen and oxygen atoms in total. The normalized spacial score (nSPS) is 12.3. The van der Waals surface area contributed by atoms with Crippen molar-refractivity contribution in [3.63, 3.8) is 0 Å². The van der Waals surface area contributed by atoms with Crippen LogP contribution in [0.4, 0.5) is 4.79 Å². The lowest BCUT2D eigenvalue weighted by atomic mass is 10.00. The number of ether oxygens (including phenoxy) is 1. The molecule has 0 saturated carbocycles. The Labute approximate surface area is 132 Å². The van der Waals surface area contributed by atoms with Crippen molar-refractivity contribution < 1.29 is 14.3 Å². The third kappa shape index (κ3) is 7.07. The van der Waals surface area contributed by atoms with E-state index in [4.69, 9.17) is 4.74 Å². The Balaban J connectivity index is 2.75. The molecule has 4 heteroatoms. The topological polar surface area (TPSA) is 55.4 Å². The zero-order valence-corrected chi connectivity index (χ0v) is 13.6. The second-order valence-corrected chi connectivity index (χ2v) is 6.18. The monoisotopic (exact) mass is 303 g/mol. The fourth-order valence-electron chi connectivity index (χ4n) is 1.96. The highest BCUT2D eigenvalue weighted by Gasteiger charge is 2.24. The minimum Gasteiger partial charge on any atom is -0.444 e. The molecule has 22 heavy (non-hydrogen) atoms. The van der Waals surface area contributed by atoms with Crippen LogP contribution in [-0.2, 0) is 16.0 Å². The number of Topliss-reactive ketones (excluding diaryl/α,β-unsaturated/α-hetero) is 1. The molecule has 0 aromatic heterocycles. The van der Waals surface area contributed by atoms with E-state index < -0.39 is 17.7 Å². The van der Waals surface area contributed by atoms with Crippen LogP contribution >= 0.6 is 0 Å². The first-order chi connectivity index (χ1) is 10.3. The zero-order chi connectivity index (χ0) is 16.6. The van der Waals surface area contributed by atoms with E-state index in [1.807, 2.05) is 30.3 Å².